The molecule has 0 fully saturated rings. The summed E-state index contributed by atoms with van der Waals surface area (Å²) in [5, 5.41) is 14.2. The van der Waals surface area contributed by atoms with Gasteiger partial charge in [-0.25, -0.2) is 4.68 Å². The van der Waals surface area contributed by atoms with E-state index in [-0.39, 0.29) is 29.7 Å². The standard InChI is InChI=1S/C21H15F3N6O/c22-21(23,24)17-12-16(15-7-4-10-25-13-15)29-30(17)19-9-8-18(27-28-19)26-20(31)11-14-5-2-1-3-6-14/h1-10,12-13H,11H2,(H,26,27,31). The lowest BCUT2D eigenvalue weighted by Gasteiger charge is -2.09. The van der Waals surface area contributed by atoms with Crippen molar-refractivity contribution >= 4 is 11.7 Å². The monoisotopic (exact) mass is 424 g/mol. The van der Waals surface area contributed by atoms with Crippen LogP contribution in [0.4, 0.5) is 19.0 Å². The highest BCUT2D eigenvalue weighted by atomic mass is 19.4. The zero-order chi connectivity index (χ0) is 21.8. The van der Waals surface area contributed by atoms with Crippen molar-refractivity contribution in [3.63, 3.8) is 0 Å². The average molecular weight is 424 g/mol. The van der Waals surface area contributed by atoms with Crippen LogP contribution in [0.5, 0.6) is 0 Å². The predicted molar refractivity (Wildman–Crippen MR) is 106 cm³/mol. The molecule has 0 spiro atoms. The number of carbonyl (C=O) groups is 1. The predicted octanol–water partition coefficient (Wildman–Crippen LogP) is 3.92. The third kappa shape index (κ3) is 4.74. The molecule has 1 N–H and O–H groups in total. The van der Waals surface area contributed by atoms with Crippen LogP contribution >= 0.6 is 0 Å². The number of alkyl halides is 3. The molecule has 1 amide bonds. The van der Waals surface area contributed by atoms with E-state index in [2.05, 4.69) is 25.6 Å². The van der Waals surface area contributed by atoms with Gasteiger partial charge in [-0.2, -0.15) is 18.3 Å². The van der Waals surface area contributed by atoms with Crippen molar-refractivity contribution in [2.45, 2.75) is 12.6 Å². The number of aromatic nitrogens is 5. The van der Waals surface area contributed by atoms with Gasteiger partial charge in [-0.1, -0.05) is 30.3 Å². The fraction of sp³-hybridized carbons (Fsp3) is 0.0952. The summed E-state index contributed by atoms with van der Waals surface area (Å²) >= 11 is 0. The summed E-state index contributed by atoms with van der Waals surface area (Å²) in [5.74, 6) is -0.330. The molecule has 0 saturated heterocycles. The van der Waals surface area contributed by atoms with Gasteiger partial charge in [0, 0.05) is 18.0 Å². The summed E-state index contributed by atoms with van der Waals surface area (Å²) in [6.45, 7) is 0. The largest absolute Gasteiger partial charge is 0.433 e. The molecule has 0 unspecified atom stereocenters. The molecule has 7 nitrogen and oxygen atoms in total. The lowest BCUT2D eigenvalue weighted by molar-refractivity contribution is -0.142. The van der Waals surface area contributed by atoms with Crippen LogP contribution in [0.15, 0.2) is 73.1 Å². The van der Waals surface area contributed by atoms with Gasteiger partial charge in [-0.05, 0) is 35.9 Å². The van der Waals surface area contributed by atoms with Crippen molar-refractivity contribution in [2.75, 3.05) is 5.32 Å². The number of benzene rings is 1. The summed E-state index contributed by atoms with van der Waals surface area (Å²) < 4.78 is 41.3. The molecule has 0 aliphatic heterocycles. The van der Waals surface area contributed by atoms with Crippen molar-refractivity contribution in [1.29, 1.82) is 0 Å². The van der Waals surface area contributed by atoms with E-state index in [4.69, 9.17) is 0 Å². The van der Waals surface area contributed by atoms with Crippen LogP contribution in [0.1, 0.15) is 11.3 Å². The topological polar surface area (TPSA) is 85.6 Å². The van der Waals surface area contributed by atoms with Crippen LogP contribution in [0.2, 0.25) is 0 Å². The first-order valence-electron chi connectivity index (χ1n) is 9.16. The minimum atomic E-state index is -4.66. The third-order valence-electron chi connectivity index (χ3n) is 4.30. The summed E-state index contributed by atoms with van der Waals surface area (Å²) in [5.41, 5.74) is 0.354. The molecule has 156 valence electrons. The molecular weight excluding hydrogens is 409 g/mol. The van der Waals surface area contributed by atoms with Crippen LogP contribution in [-0.2, 0) is 17.4 Å². The molecular formula is C21H15F3N6O. The van der Waals surface area contributed by atoms with Gasteiger partial charge >= 0.3 is 6.18 Å². The molecule has 3 heterocycles. The molecule has 10 heteroatoms. The third-order valence-corrected chi connectivity index (χ3v) is 4.30. The van der Waals surface area contributed by atoms with E-state index in [1.165, 1.54) is 24.5 Å². The fourth-order valence-electron chi connectivity index (χ4n) is 2.89. The number of hydrogen-bond donors (Lipinski definition) is 1. The van der Waals surface area contributed by atoms with E-state index < -0.39 is 11.9 Å². The zero-order valence-corrected chi connectivity index (χ0v) is 15.9. The first-order chi connectivity index (χ1) is 14.9. The molecule has 0 saturated carbocycles. The summed E-state index contributed by atoms with van der Waals surface area (Å²) in [6.07, 6.45) is -1.58. The average Bonchev–Trinajstić information content (AvgIpc) is 3.22. The van der Waals surface area contributed by atoms with Crippen molar-refractivity contribution in [3.05, 3.63) is 84.3 Å². The number of rotatable bonds is 5. The smallest absolute Gasteiger partial charge is 0.309 e. The minimum Gasteiger partial charge on any atom is -0.309 e. The Morgan fingerprint density at radius 2 is 1.81 bits per heavy atom. The normalized spacial score (nSPS) is 11.3. The number of pyridine rings is 1. The van der Waals surface area contributed by atoms with E-state index in [9.17, 15) is 18.0 Å². The molecule has 0 bridgehead atoms. The van der Waals surface area contributed by atoms with E-state index in [1.807, 2.05) is 30.3 Å². The van der Waals surface area contributed by atoms with Gasteiger partial charge in [0.25, 0.3) is 0 Å². The van der Waals surface area contributed by atoms with Crippen LogP contribution < -0.4 is 5.32 Å². The Labute approximate surface area is 174 Å². The number of anilines is 1. The number of nitrogens with zero attached hydrogens (tertiary/aromatic N) is 5. The van der Waals surface area contributed by atoms with Gasteiger partial charge in [0.2, 0.25) is 5.91 Å². The summed E-state index contributed by atoms with van der Waals surface area (Å²) in [4.78, 5) is 16.0. The highest BCUT2D eigenvalue weighted by molar-refractivity contribution is 5.91. The summed E-state index contributed by atoms with van der Waals surface area (Å²) in [6, 6.07) is 15.9. The van der Waals surface area contributed by atoms with Gasteiger partial charge in [0.15, 0.2) is 17.3 Å². The lowest BCUT2D eigenvalue weighted by atomic mass is 10.1. The summed E-state index contributed by atoms with van der Waals surface area (Å²) in [7, 11) is 0. The Hall–Kier alpha value is -4.08. The second-order valence-electron chi connectivity index (χ2n) is 6.55. The molecule has 0 aliphatic carbocycles. The van der Waals surface area contributed by atoms with Gasteiger partial charge < -0.3 is 5.32 Å². The first-order valence-corrected chi connectivity index (χ1v) is 9.16. The second kappa shape index (κ2) is 8.34. The Kier molecular flexibility index (Phi) is 5.44. The Bertz CT molecular complexity index is 1180. The SMILES string of the molecule is O=C(Cc1ccccc1)Nc1ccc(-n2nc(-c3cccnc3)cc2C(F)(F)F)nn1. The van der Waals surface area contributed by atoms with Crippen molar-refractivity contribution in [3.8, 4) is 17.1 Å². The van der Waals surface area contributed by atoms with E-state index in [0.717, 1.165) is 11.6 Å². The highest BCUT2D eigenvalue weighted by Crippen LogP contribution is 2.33. The molecule has 0 atom stereocenters. The number of amides is 1. The highest BCUT2D eigenvalue weighted by Gasteiger charge is 2.37. The van der Waals surface area contributed by atoms with E-state index >= 15 is 0 Å². The zero-order valence-electron chi connectivity index (χ0n) is 15.9. The van der Waals surface area contributed by atoms with E-state index in [0.29, 0.717) is 10.2 Å². The van der Waals surface area contributed by atoms with Gasteiger partial charge in [0.05, 0.1) is 12.1 Å². The molecule has 31 heavy (non-hydrogen) atoms. The van der Waals surface area contributed by atoms with Crippen molar-refractivity contribution in [1.82, 2.24) is 25.0 Å². The van der Waals surface area contributed by atoms with Gasteiger partial charge in [-0.3, -0.25) is 9.78 Å². The van der Waals surface area contributed by atoms with E-state index in [1.54, 1.807) is 12.1 Å². The molecule has 0 aliphatic rings. The minimum absolute atomic E-state index is 0.0995. The van der Waals surface area contributed by atoms with Crippen LogP contribution in [0.25, 0.3) is 17.1 Å². The van der Waals surface area contributed by atoms with Crippen LogP contribution in [0.3, 0.4) is 0 Å². The maximum absolute atomic E-state index is 13.5. The lowest BCUT2D eigenvalue weighted by Crippen LogP contribution is -2.17. The second-order valence-corrected chi connectivity index (χ2v) is 6.55. The Morgan fingerprint density at radius 1 is 1.00 bits per heavy atom. The Morgan fingerprint density at radius 3 is 2.45 bits per heavy atom. The van der Waals surface area contributed by atoms with Gasteiger partial charge in [-0.15, -0.1) is 10.2 Å². The number of nitrogens with one attached hydrogen (secondary N) is 1. The quantitative estimate of drug-likeness (QED) is 0.525. The molecule has 4 rings (SSSR count). The van der Waals surface area contributed by atoms with Crippen molar-refractivity contribution < 1.29 is 18.0 Å². The number of halogens is 3. The maximum atomic E-state index is 13.5. The molecule has 0 radical (unpaired) electrons. The fourth-order valence-corrected chi connectivity index (χ4v) is 2.89. The maximum Gasteiger partial charge on any atom is 0.433 e. The number of carbonyl (C=O) groups excluding carboxylic acids is 1. The number of hydrogen-bond acceptors (Lipinski definition) is 5. The first kappa shape index (κ1) is 20.2. The Balaban J connectivity index is 1.57. The van der Waals surface area contributed by atoms with Crippen molar-refractivity contribution in [2.24, 2.45) is 0 Å². The molecule has 4 aromatic rings. The molecule has 1 aromatic carbocycles. The van der Waals surface area contributed by atoms with Gasteiger partial charge in [0.1, 0.15) is 0 Å². The van der Waals surface area contributed by atoms with Crippen LogP contribution in [-0.4, -0.2) is 30.9 Å². The van der Waals surface area contributed by atoms with Crippen LogP contribution in [0, 0.1) is 0 Å². The molecule has 3 aromatic heterocycles.